The van der Waals surface area contributed by atoms with Crippen LogP contribution in [0.5, 0.6) is 5.88 Å². The number of aromatic nitrogens is 1. The van der Waals surface area contributed by atoms with E-state index in [1.54, 1.807) is 26.3 Å². The lowest BCUT2D eigenvalue weighted by Crippen LogP contribution is -2.62. The number of hydrogen-bond donors (Lipinski definition) is 2. The lowest BCUT2D eigenvalue weighted by atomic mass is 9.77. The lowest BCUT2D eigenvalue weighted by molar-refractivity contribution is -0.121. The summed E-state index contributed by atoms with van der Waals surface area (Å²) in [7, 11) is 1.59. The van der Waals surface area contributed by atoms with E-state index in [2.05, 4.69) is 15.2 Å². The van der Waals surface area contributed by atoms with Gasteiger partial charge in [-0.1, -0.05) is 0 Å². The van der Waals surface area contributed by atoms with Crippen molar-refractivity contribution in [1.82, 2.24) is 15.2 Å². The fourth-order valence-corrected chi connectivity index (χ4v) is 3.70. The normalized spacial score (nSPS) is 28.9. The Bertz CT molecular complexity index is 547. The van der Waals surface area contributed by atoms with Gasteiger partial charge in [0.05, 0.1) is 18.8 Å². The first-order valence-corrected chi connectivity index (χ1v) is 8.24. The summed E-state index contributed by atoms with van der Waals surface area (Å²) in [5, 5.41) is 13.9. The number of aliphatic hydroxyl groups is 1. The average molecular weight is 319 g/mol. The second-order valence-electron chi connectivity index (χ2n) is 6.70. The quantitative estimate of drug-likeness (QED) is 0.867. The van der Waals surface area contributed by atoms with Crippen LogP contribution in [0.25, 0.3) is 0 Å². The molecule has 6 nitrogen and oxygen atoms in total. The Morgan fingerprint density at radius 2 is 2.09 bits per heavy atom. The summed E-state index contributed by atoms with van der Waals surface area (Å²) >= 11 is 0. The minimum absolute atomic E-state index is 0.0414. The van der Waals surface area contributed by atoms with E-state index in [4.69, 9.17) is 4.74 Å². The molecule has 1 saturated carbocycles. The van der Waals surface area contributed by atoms with Gasteiger partial charge in [-0.05, 0) is 31.7 Å². The maximum absolute atomic E-state index is 11.0. The number of nitrogens with one attached hydrogen (secondary N) is 1. The Hall–Kier alpha value is -1.66. The minimum Gasteiger partial charge on any atom is -0.481 e. The van der Waals surface area contributed by atoms with Gasteiger partial charge < -0.3 is 15.2 Å². The van der Waals surface area contributed by atoms with Gasteiger partial charge in [0.1, 0.15) is 0 Å². The van der Waals surface area contributed by atoms with E-state index >= 15 is 0 Å². The van der Waals surface area contributed by atoms with Crippen molar-refractivity contribution in [3.8, 4) is 5.88 Å². The van der Waals surface area contributed by atoms with E-state index in [1.807, 2.05) is 6.07 Å². The molecule has 0 spiro atoms. The molecule has 2 fully saturated rings. The molecule has 0 atom stereocenters. The van der Waals surface area contributed by atoms with E-state index < -0.39 is 5.60 Å². The number of pyridine rings is 1. The van der Waals surface area contributed by atoms with E-state index in [-0.39, 0.29) is 5.91 Å². The molecule has 2 heterocycles. The molecule has 0 bridgehead atoms. The second kappa shape index (κ2) is 6.45. The van der Waals surface area contributed by atoms with Gasteiger partial charge in [-0.25, -0.2) is 4.98 Å². The molecule has 23 heavy (non-hydrogen) atoms. The van der Waals surface area contributed by atoms with E-state index in [0.717, 1.165) is 44.3 Å². The van der Waals surface area contributed by atoms with Crippen molar-refractivity contribution in [2.24, 2.45) is 0 Å². The zero-order chi connectivity index (χ0) is 16.4. The molecule has 0 aromatic carbocycles. The predicted molar refractivity (Wildman–Crippen MR) is 86.1 cm³/mol. The summed E-state index contributed by atoms with van der Waals surface area (Å²) in [5.74, 6) is 0.607. The standard InChI is InChI=1S/C17H25N3O3/c1-12(21)19-14-10-20(11-14)15-5-7-17(22,8-6-15)13-3-4-16(23-2)18-9-13/h3-4,9,14-15,22H,5-8,10-11H2,1-2H3,(H,19,21). The molecular formula is C17H25N3O3. The van der Waals surface area contributed by atoms with E-state index in [9.17, 15) is 9.90 Å². The van der Waals surface area contributed by atoms with E-state index in [1.165, 1.54) is 0 Å². The highest BCUT2D eigenvalue weighted by Crippen LogP contribution is 2.39. The highest BCUT2D eigenvalue weighted by Gasteiger charge is 2.40. The molecule has 3 rings (SSSR count). The minimum atomic E-state index is -0.780. The molecular weight excluding hydrogens is 294 g/mol. The first-order chi connectivity index (χ1) is 11.0. The van der Waals surface area contributed by atoms with Crippen molar-refractivity contribution >= 4 is 5.91 Å². The number of rotatable bonds is 4. The first-order valence-electron chi connectivity index (χ1n) is 8.24. The fourth-order valence-electron chi connectivity index (χ4n) is 3.70. The number of likely N-dealkylation sites (tertiary alicyclic amines) is 1. The van der Waals surface area contributed by atoms with Crippen LogP contribution in [0.1, 0.15) is 38.2 Å². The van der Waals surface area contributed by atoms with Crippen molar-refractivity contribution in [3.05, 3.63) is 23.9 Å². The molecule has 0 unspecified atom stereocenters. The van der Waals surface area contributed by atoms with Gasteiger partial charge in [0.25, 0.3) is 0 Å². The van der Waals surface area contributed by atoms with Crippen molar-refractivity contribution in [1.29, 1.82) is 0 Å². The smallest absolute Gasteiger partial charge is 0.217 e. The number of carbonyl (C=O) groups is 1. The van der Waals surface area contributed by atoms with E-state index in [0.29, 0.717) is 18.0 Å². The molecule has 1 amide bonds. The maximum atomic E-state index is 11.0. The molecule has 1 aliphatic carbocycles. The number of methoxy groups -OCH3 is 1. The number of hydrogen-bond acceptors (Lipinski definition) is 5. The maximum Gasteiger partial charge on any atom is 0.217 e. The second-order valence-corrected chi connectivity index (χ2v) is 6.70. The number of carbonyl (C=O) groups excluding carboxylic acids is 1. The summed E-state index contributed by atoms with van der Waals surface area (Å²) in [6.45, 7) is 3.41. The van der Waals surface area contributed by atoms with Crippen LogP contribution in [0.3, 0.4) is 0 Å². The Morgan fingerprint density at radius 3 is 2.61 bits per heavy atom. The molecule has 0 radical (unpaired) electrons. The monoisotopic (exact) mass is 319 g/mol. The summed E-state index contributed by atoms with van der Waals surface area (Å²) in [5.41, 5.74) is 0.0917. The van der Waals surface area contributed by atoms with Crippen LogP contribution in [-0.4, -0.2) is 53.2 Å². The Morgan fingerprint density at radius 1 is 1.39 bits per heavy atom. The van der Waals surface area contributed by atoms with Gasteiger partial charge in [0.15, 0.2) is 0 Å². The molecule has 1 aromatic heterocycles. The summed E-state index contributed by atoms with van der Waals surface area (Å²) in [6, 6.07) is 4.50. The van der Waals surface area contributed by atoms with Gasteiger partial charge >= 0.3 is 0 Å². The molecule has 2 aliphatic rings. The number of ether oxygens (including phenoxy) is 1. The molecule has 6 heteroatoms. The van der Waals surface area contributed by atoms with Gasteiger partial charge in [-0.2, -0.15) is 0 Å². The van der Waals surface area contributed by atoms with Gasteiger partial charge in [0, 0.05) is 43.9 Å². The fraction of sp³-hybridized carbons (Fsp3) is 0.647. The third-order valence-corrected chi connectivity index (χ3v) is 5.10. The largest absolute Gasteiger partial charge is 0.481 e. The van der Waals surface area contributed by atoms with Crippen molar-refractivity contribution < 1.29 is 14.6 Å². The van der Waals surface area contributed by atoms with Crippen LogP contribution in [0.2, 0.25) is 0 Å². The zero-order valence-corrected chi connectivity index (χ0v) is 13.8. The van der Waals surface area contributed by atoms with Crippen LogP contribution < -0.4 is 10.1 Å². The van der Waals surface area contributed by atoms with Gasteiger partial charge in [-0.3, -0.25) is 9.69 Å². The highest BCUT2D eigenvalue weighted by atomic mass is 16.5. The molecule has 1 saturated heterocycles. The van der Waals surface area contributed by atoms with Crippen LogP contribution in [0, 0.1) is 0 Å². The van der Waals surface area contributed by atoms with Crippen molar-refractivity contribution in [2.45, 2.75) is 50.3 Å². The molecule has 1 aliphatic heterocycles. The van der Waals surface area contributed by atoms with Crippen molar-refractivity contribution in [2.75, 3.05) is 20.2 Å². The first kappa shape index (κ1) is 16.2. The zero-order valence-electron chi connectivity index (χ0n) is 13.8. The Labute approximate surface area is 136 Å². The average Bonchev–Trinajstić information content (AvgIpc) is 2.51. The topological polar surface area (TPSA) is 74.7 Å². The van der Waals surface area contributed by atoms with Gasteiger partial charge in [-0.15, -0.1) is 0 Å². The third kappa shape index (κ3) is 3.48. The van der Waals surface area contributed by atoms with Crippen LogP contribution >= 0.6 is 0 Å². The predicted octanol–water partition coefficient (Wildman–Crippen LogP) is 1.04. The summed E-state index contributed by atoms with van der Waals surface area (Å²) < 4.78 is 5.07. The van der Waals surface area contributed by atoms with Crippen LogP contribution in [0.15, 0.2) is 18.3 Å². The summed E-state index contributed by atoms with van der Waals surface area (Å²) in [6.07, 6.45) is 5.14. The highest BCUT2D eigenvalue weighted by molar-refractivity contribution is 5.73. The third-order valence-electron chi connectivity index (χ3n) is 5.10. The number of amides is 1. The Kier molecular flexibility index (Phi) is 4.55. The Balaban J connectivity index is 1.52. The van der Waals surface area contributed by atoms with Crippen LogP contribution in [-0.2, 0) is 10.4 Å². The number of nitrogens with zero attached hydrogens (tertiary/aromatic N) is 2. The van der Waals surface area contributed by atoms with Crippen LogP contribution in [0.4, 0.5) is 0 Å². The van der Waals surface area contributed by atoms with Gasteiger partial charge in [0.2, 0.25) is 11.8 Å². The summed E-state index contributed by atoms with van der Waals surface area (Å²) in [4.78, 5) is 17.7. The molecule has 1 aromatic rings. The molecule has 126 valence electrons. The SMILES string of the molecule is COc1ccc(C2(O)CCC(N3CC(NC(C)=O)C3)CC2)cn1. The van der Waals surface area contributed by atoms with Crippen molar-refractivity contribution in [3.63, 3.8) is 0 Å². The lowest BCUT2D eigenvalue weighted by Gasteiger charge is -2.48. The molecule has 2 N–H and O–H groups in total.